The second-order valence-corrected chi connectivity index (χ2v) is 6.95. The van der Waals surface area contributed by atoms with Gasteiger partial charge in [0.25, 0.3) is 0 Å². The van der Waals surface area contributed by atoms with Crippen LogP contribution in [0.5, 0.6) is 0 Å². The molecule has 1 fully saturated rings. The smallest absolute Gasteiger partial charge is 0.106 e. The maximum Gasteiger partial charge on any atom is 0.106 e. The van der Waals surface area contributed by atoms with Crippen LogP contribution in [0.1, 0.15) is 24.0 Å². The summed E-state index contributed by atoms with van der Waals surface area (Å²) in [7, 11) is 0. The van der Waals surface area contributed by atoms with Gasteiger partial charge in [0.15, 0.2) is 0 Å². The highest BCUT2D eigenvalue weighted by Crippen LogP contribution is 2.39. The number of aromatic nitrogens is 1. The van der Waals surface area contributed by atoms with Gasteiger partial charge >= 0.3 is 0 Å². The Kier molecular flexibility index (Phi) is 5.43. The fourth-order valence-electron chi connectivity index (χ4n) is 2.79. The van der Waals surface area contributed by atoms with E-state index in [-0.39, 0.29) is 6.61 Å². The van der Waals surface area contributed by atoms with Gasteiger partial charge in [0.05, 0.1) is 11.6 Å². The summed E-state index contributed by atoms with van der Waals surface area (Å²) in [5.74, 6) is 0. The summed E-state index contributed by atoms with van der Waals surface area (Å²) in [6, 6.07) is 7.82. The molecule has 4 nitrogen and oxygen atoms in total. The predicted octanol–water partition coefficient (Wildman–Crippen LogP) is 3.44. The van der Waals surface area contributed by atoms with Gasteiger partial charge in [0, 0.05) is 42.0 Å². The molecule has 0 amide bonds. The lowest BCUT2D eigenvalue weighted by Gasteiger charge is -2.21. The van der Waals surface area contributed by atoms with Gasteiger partial charge in [0.1, 0.15) is 5.03 Å². The van der Waals surface area contributed by atoms with Crippen LogP contribution in [-0.4, -0.2) is 23.2 Å². The molecule has 2 heterocycles. The molecule has 3 N–H and O–H groups in total. The maximum absolute atomic E-state index is 9.46. The van der Waals surface area contributed by atoms with E-state index in [0.29, 0.717) is 11.6 Å². The number of aliphatic hydroxyl groups excluding tert-OH is 1. The van der Waals surface area contributed by atoms with E-state index in [1.54, 1.807) is 6.20 Å². The molecule has 0 bridgehead atoms. The normalized spacial score (nSPS) is 14.5. The topological polar surface area (TPSA) is 62.4 Å². The Morgan fingerprint density at radius 2 is 2.04 bits per heavy atom. The molecule has 1 aliphatic heterocycles. The van der Waals surface area contributed by atoms with Crippen molar-refractivity contribution in [3.05, 3.63) is 46.6 Å². The minimum Gasteiger partial charge on any atom is -0.392 e. The fourth-order valence-corrected chi connectivity index (χ4v) is 4.14. The third-order valence-corrected chi connectivity index (χ3v) is 5.67. The van der Waals surface area contributed by atoms with E-state index >= 15 is 0 Å². The molecular weight excluding hydrogens is 330 g/mol. The molecule has 1 aromatic heterocycles. The molecule has 0 aliphatic carbocycles. The zero-order chi connectivity index (χ0) is 16.2. The average molecular weight is 350 g/mol. The van der Waals surface area contributed by atoms with Gasteiger partial charge in [0.2, 0.25) is 0 Å². The van der Waals surface area contributed by atoms with Crippen molar-refractivity contribution in [2.24, 2.45) is 5.73 Å². The van der Waals surface area contributed by atoms with Crippen molar-refractivity contribution in [3.63, 3.8) is 0 Å². The summed E-state index contributed by atoms with van der Waals surface area (Å²) >= 11 is 8.01. The Labute approximate surface area is 145 Å². The first-order chi connectivity index (χ1) is 11.2. The number of rotatable bonds is 5. The lowest BCUT2D eigenvalue weighted by Crippen LogP contribution is -2.18. The van der Waals surface area contributed by atoms with Crippen molar-refractivity contribution in [1.29, 1.82) is 0 Å². The summed E-state index contributed by atoms with van der Waals surface area (Å²) < 4.78 is 0. The highest BCUT2D eigenvalue weighted by molar-refractivity contribution is 7.99. The number of nitrogens with zero attached hydrogens (tertiary/aromatic N) is 2. The number of aliphatic hydroxyl groups is 1. The van der Waals surface area contributed by atoms with Gasteiger partial charge in [-0.15, -0.1) is 0 Å². The Bertz CT molecular complexity index is 690. The molecule has 1 aliphatic rings. The van der Waals surface area contributed by atoms with E-state index in [9.17, 15) is 5.11 Å². The third-order valence-electron chi connectivity index (χ3n) is 4.02. The first-order valence-corrected chi connectivity index (χ1v) is 8.92. The number of benzene rings is 1. The molecule has 0 atom stereocenters. The number of halogens is 1. The number of hydrogen-bond donors (Lipinski definition) is 2. The third kappa shape index (κ3) is 3.63. The minimum absolute atomic E-state index is 0.0440. The molecule has 122 valence electrons. The standard InChI is InChI=1S/C17H20ClN3OS/c18-15-9-14(21-6-1-2-7-21)8-13(10-19)16(15)23-17-12(11-22)4-3-5-20-17/h3-5,8-9,22H,1-2,6-7,10-11,19H2. The van der Waals surface area contributed by atoms with E-state index in [4.69, 9.17) is 17.3 Å². The predicted molar refractivity (Wildman–Crippen MR) is 95.1 cm³/mol. The van der Waals surface area contributed by atoms with Gasteiger partial charge in [-0.25, -0.2) is 4.98 Å². The van der Waals surface area contributed by atoms with Gasteiger partial charge in [-0.3, -0.25) is 0 Å². The molecule has 23 heavy (non-hydrogen) atoms. The van der Waals surface area contributed by atoms with Crippen LogP contribution in [0, 0.1) is 0 Å². The van der Waals surface area contributed by atoms with Gasteiger partial charge < -0.3 is 15.7 Å². The monoisotopic (exact) mass is 349 g/mol. The van der Waals surface area contributed by atoms with Crippen molar-refractivity contribution >= 4 is 29.1 Å². The van der Waals surface area contributed by atoms with Crippen LogP contribution in [0.4, 0.5) is 5.69 Å². The summed E-state index contributed by atoms with van der Waals surface area (Å²) in [4.78, 5) is 7.62. The Morgan fingerprint density at radius 3 is 2.74 bits per heavy atom. The molecule has 0 radical (unpaired) electrons. The van der Waals surface area contributed by atoms with Gasteiger partial charge in [-0.05, 0) is 36.6 Å². The Hall–Kier alpha value is -1.27. The molecule has 2 aromatic rings. The zero-order valence-corrected chi connectivity index (χ0v) is 14.4. The second-order valence-electron chi connectivity index (χ2n) is 5.54. The van der Waals surface area contributed by atoms with Gasteiger partial charge in [-0.1, -0.05) is 29.4 Å². The van der Waals surface area contributed by atoms with E-state index in [0.717, 1.165) is 39.8 Å². The number of anilines is 1. The highest BCUT2D eigenvalue weighted by Gasteiger charge is 2.18. The Morgan fingerprint density at radius 1 is 1.26 bits per heavy atom. The molecule has 3 rings (SSSR count). The molecule has 0 saturated carbocycles. The summed E-state index contributed by atoms with van der Waals surface area (Å²) in [6.07, 6.45) is 4.16. The van der Waals surface area contributed by atoms with Crippen molar-refractivity contribution in [3.8, 4) is 0 Å². The highest BCUT2D eigenvalue weighted by atomic mass is 35.5. The van der Waals surface area contributed by atoms with E-state index in [1.165, 1.54) is 24.6 Å². The second kappa shape index (κ2) is 7.53. The van der Waals surface area contributed by atoms with Crippen molar-refractivity contribution in [2.75, 3.05) is 18.0 Å². The lowest BCUT2D eigenvalue weighted by atomic mass is 10.2. The van der Waals surface area contributed by atoms with Crippen LogP contribution < -0.4 is 10.6 Å². The van der Waals surface area contributed by atoms with Gasteiger partial charge in [-0.2, -0.15) is 0 Å². The fraction of sp³-hybridized carbons (Fsp3) is 0.353. The molecule has 1 aromatic carbocycles. The van der Waals surface area contributed by atoms with E-state index in [2.05, 4.69) is 16.0 Å². The first-order valence-electron chi connectivity index (χ1n) is 7.73. The quantitative estimate of drug-likeness (QED) is 0.865. The van der Waals surface area contributed by atoms with Crippen LogP contribution >= 0.6 is 23.4 Å². The van der Waals surface area contributed by atoms with E-state index in [1.807, 2.05) is 18.2 Å². The van der Waals surface area contributed by atoms with Crippen molar-refractivity contribution in [1.82, 2.24) is 4.98 Å². The average Bonchev–Trinajstić information content (AvgIpc) is 3.11. The molecule has 1 saturated heterocycles. The summed E-state index contributed by atoms with van der Waals surface area (Å²) in [5, 5.41) is 10.9. The number of hydrogen-bond acceptors (Lipinski definition) is 5. The van der Waals surface area contributed by atoms with Crippen molar-refractivity contribution < 1.29 is 5.11 Å². The lowest BCUT2D eigenvalue weighted by molar-refractivity contribution is 0.278. The number of pyridine rings is 1. The Balaban J connectivity index is 1.95. The molecule has 0 unspecified atom stereocenters. The minimum atomic E-state index is -0.0440. The summed E-state index contributed by atoms with van der Waals surface area (Å²) in [5.41, 5.74) is 8.90. The molecular formula is C17H20ClN3OS. The molecule has 0 spiro atoms. The SMILES string of the molecule is NCc1cc(N2CCCC2)cc(Cl)c1Sc1ncccc1CO. The van der Waals surface area contributed by atoms with Crippen LogP contribution in [-0.2, 0) is 13.2 Å². The zero-order valence-electron chi connectivity index (χ0n) is 12.8. The largest absolute Gasteiger partial charge is 0.392 e. The first kappa shape index (κ1) is 16.6. The maximum atomic E-state index is 9.46. The van der Waals surface area contributed by atoms with Crippen LogP contribution in [0.15, 0.2) is 40.4 Å². The van der Waals surface area contributed by atoms with Crippen LogP contribution in [0.2, 0.25) is 5.02 Å². The summed E-state index contributed by atoms with van der Waals surface area (Å²) in [6.45, 7) is 2.52. The van der Waals surface area contributed by atoms with Crippen molar-refractivity contribution in [2.45, 2.75) is 35.9 Å². The van der Waals surface area contributed by atoms with Crippen LogP contribution in [0.3, 0.4) is 0 Å². The number of nitrogens with two attached hydrogens (primary N) is 1. The van der Waals surface area contributed by atoms with E-state index < -0.39 is 0 Å². The molecule has 6 heteroatoms. The van der Waals surface area contributed by atoms with Crippen LogP contribution in [0.25, 0.3) is 0 Å².